The predicted octanol–water partition coefficient (Wildman–Crippen LogP) is 3.58. The molecule has 1 aromatic carbocycles. The summed E-state index contributed by atoms with van der Waals surface area (Å²) in [5.74, 6) is -0.486. The highest BCUT2D eigenvalue weighted by Gasteiger charge is 2.10. The second-order valence-electron chi connectivity index (χ2n) is 2.44. The molecule has 1 aromatic rings. The molecule has 0 spiro atoms. The number of nitrogen functional groups attached to an aromatic ring is 1. The van der Waals surface area contributed by atoms with Crippen LogP contribution in [0.2, 0.25) is 0 Å². The molecule has 0 aliphatic carbocycles. The fourth-order valence-electron chi connectivity index (χ4n) is 0.949. The molecule has 0 fully saturated rings. The molecule has 0 saturated heterocycles. The van der Waals surface area contributed by atoms with E-state index in [0.29, 0.717) is 10.0 Å². The molecule has 0 aromatic heterocycles. The summed E-state index contributed by atoms with van der Waals surface area (Å²) < 4.78 is 13.5. The maximum Gasteiger partial charge on any atom is 0.146 e. The minimum Gasteiger partial charge on any atom is -0.396 e. The van der Waals surface area contributed by atoms with E-state index < -0.39 is 5.82 Å². The Balaban J connectivity index is 0.000000791. The predicted molar refractivity (Wildman–Crippen MR) is 62.4 cm³/mol. The lowest BCUT2D eigenvalue weighted by Gasteiger charge is -2.06. The molecule has 0 heterocycles. The lowest BCUT2D eigenvalue weighted by Crippen LogP contribution is -2.03. The van der Waals surface area contributed by atoms with Crippen molar-refractivity contribution in [3.63, 3.8) is 0 Å². The van der Waals surface area contributed by atoms with Crippen molar-refractivity contribution in [3.05, 3.63) is 28.0 Å². The van der Waals surface area contributed by atoms with Crippen LogP contribution in [0.15, 0.2) is 16.6 Å². The number of nitrogens with two attached hydrogens (primary N) is 1. The third-order valence-electron chi connectivity index (χ3n) is 1.52. The van der Waals surface area contributed by atoms with Crippen molar-refractivity contribution in [2.24, 2.45) is 0 Å². The zero-order chi connectivity index (χ0) is 11.3. The first-order chi connectivity index (χ1) is 6.54. The van der Waals surface area contributed by atoms with Crippen molar-refractivity contribution >= 4 is 27.3 Å². The average Bonchev–Trinajstić information content (AvgIpc) is 2.15. The first-order valence-corrected chi connectivity index (χ1v) is 5.12. The minimum atomic E-state index is -0.486. The van der Waals surface area contributed by atoms with Crippen LogP contribution in [0.3, 0.4) is 0 Å². The van der Waals surface area contributed by atoms with Crippen LogP contribution in [0.5, 0.6) is 0 Å². The van der Waals surface area contributed by atoms with Gasteiger partial charge >= 0.3 is 0 Å². The van der Waals surface area contributed by atoms with Crippen LogP contribution < -0.4 is 5.73 Å². The largest absolute Gasteiger partial charge is 0.396 e. The second-order valence-corrected chi connectivity index (χ2v) is 3.30. The Bertz CT molecular complexity index is 337. The number of anilines is 1. The van der Waals surface area contributed by atoms with Gasteiger partial charge in [0.1, 0.15) is 5.82 Å². The van der Waals surface area contributed by atoms with Gasteiger partial charge in [0.2, 0.25) is 0 Å². The summed E-state index contributed by atoms with van der Waals surface area (Å²) in [5, 5.41) is 7.34. The van der Waals surface area contributed by atoms with E-state index in [4.69, 9.17) is 11.1 Å². The Labute approximate surface area is 92.0 Å². The summed E-state index contributed by atoms with van der Waals surface area (Å²) in [4.78, 5) is 0. The highest BCUT2D eigenvalue weighted by atomic mass is 79.9. The van der Waals surface area contributed by atoms with E-state index in [2.05, 4.69) is 15.9 Å². The molecular weight excluding hydrogens is 247 g/mol. The average molecular weight is 261 g/mol. The van der Waals surface area contributed by atoms with E-state index in [9.17, 15) is 4.39 Å². The van der Waals surface area contributed by atoms with Crippen LogP contribution in [0, 0.1) is 11.2 Å². The minimum absolute atomic E-state index is 0.0249. The second kappa shape index (κ2) is 5.75. The van der Waals surface area contributed by atoms with E-state index in [1.165, 1.54) is 6.07 Å². The lowest BCUT2D eigenvalue weighted by atomic mass is 10.1. The van der Waals surface area contributed by atoms with Gasteiger partial charge in [-0.1, -0.05) is 29.8 Å². The Morgan fingerprint density at radius 3 is 2.29 bits per heavy atom. The molecule has 0 bridgehead atoms. The highest BCUT2D eigenvalue weighted by molar-refractivity contribution is 9.10. The first-order valence-electron chi connectivity index (χ1n) is 4.33. The van der Waals surface area contributed by atoms with Crippen LogP contribution in [-0.4, -0.2) is 5.71 Å². The summed E-state index contributed by atoms with van der Waals surface area (Å²) in [5.41, 5.74) is 6.14. The molecule has 0 atom stereocenters. The van der Waals surface area contributed by atoms with Crippen molar-refractivity contribution in [1.82, 2.24) is 0 Å². The number of hydrogen-bond donors (Lipinski definition) is 2. The number of rotatable bonds is 1. The van der Waals surface area contributed by atoms with Gasteiger partial charge in [-0.3, -0.25) is 0 Å². The quantitative estimate of drug-likeness (QED) is 0.589. The van der Waals surface area contributed by atoms with Gasteiger partial charge in [0.15, 0.2) is 0 Å². The van der Waals surface area contributed by atoms with Crippen LogP contribution in [0.1, 0.15) is 26.3 Å². The molecule has 3 N–H and O–H groups in total. The molecule has 0 saturated carbocycles. The lowest BCUT2D eigenvalue weighted by molar-refractivity contribution is 0.632. The number of hydrogen-bond acceptors (Lipinski definition) is 2. The van der Waals surface area contributed by atoms with E-state index in [1.54, 1.807) is 13.0 Å². The number of benzene rings is 1. The molecule has 0 radical (unpaired) electrons. The number of halogens is 2. The number of nitrogens with one attached hydrogen (secondary N) is 1. The molecule has 2 nitrogen and oxygen atoms in total. The third kappa shape index (κ3) is 2.80. The molecule has 0 unspecified atom stereocenters. The van der Waals surface area contributed by atoms with Gasteiger partial charge in [-0.15, -0.1) is 0 Å². The SMILES string of the molecule is CC.CC(=N)c1c(Br)ccc(F)c1N. The van der Waals surface area contributed by atoms with Gasteiger partial charge < -0.3 is 11.1 Å². The van der Waals surface area contributed by atoms with Gasteiger partial charge in [-0.25, -0.2) is 4.39 Å². The normalized spacial score (nSPS) is 8.93. The highest BCUT2D eigenvalue weighted by Crippen LogP contribution is 2.25. The van der Waals surface area contributed by atoms with E-state index in [-0.39, 0.29) is 11.4 Å². The standard InChI is InChI=1S/C8H8BrFN2.C2H6/c1-4(11)7-5(9)2-3-6(10)8(7)12;1-2/h2-3,11H,12H2,1H3;1-2H3. The molecule has 78 valence electrons. The van der Waals surface area contributed by atoms with Crippen molar-refractivity contribution in [1.29, 1.82) is 5.41 Å². The zero-order valence-corrected chi connectivity index (χ0v) is 10.1. The van der Waals surface area contributed by atoms with Gasteiger partial charge in [0, 0.05) is 15.7 Å². The van der Waals surface area contributed by atoms with Crippen LogP contribution >= 0.6 is 15.9 Å². The van der Waals surface area contributed by atoms with Gasteiger partial charge in [0.05, 0.1) is 5.69 Å². The fraction of sp³-hybridized carbons (Fsp3) is 0.300. The first kappa shape index (κ1) is 13.1. The van der Waals surface area contributed by atoms with Crippen LogP contribution in [-0.2, 0) is 0 Å². The molecule has 0 aliphatic heterocycles. The van der Waals surface area contributed by atoms with Crippen LogP contribution in [0.4, 0.5) is 10.1 Å². The molecule has 0 amide bonds. The molecule has 4 heteroatoms. The fourth-order valence-corrected chi connectivity index (χ4v) is 1.59. The van der Waals surface area contributed by atoms with Gasteiger partial charge in [-0.05, 0) is 19.1 Å². The zero-order valence-electron chi connectivity index (χ0n) is 8.49. The van der Waals surface area contributed by atoms with Gasteiger partial charge in [-0.2, -0.15) is 0 Å². The van der Waals surface area contributed by atoms with Crippen molar-refractivity contribution in [3.8, 4) is 0 Å². The monoisotopic (exact) mass is 260 g/mol. The summed E-state index contributed by atoms with van der Waals surface area (Å²) in [6.07, 6.45) is 0. The Kier molecular flexibility index (Phi) is 5.38. The third-order valence-corrected chi connectivity index (χ3v) is 2.18. The van der Waals surface area contributed by atoms with Crippen molar-refractivity contribution in [2.45, 2.75) is 20.8 Å². The smallest absolute Gasteiger partial charge is 0.146 e. The van der Waals surface area contributed by atoms with E-state index in [1.807, 2.05) is 13.8 Å². The van der Waals surface area contributed by atoms with E-state index >= 15 is 0 Å². The molecular formula is C10H14BrFN2. The summed E-state index contributed by atoms with van der Waals surface area (Å²) >= 11 is 3.19. The maximum atomic E-state index is 12.9. The molecule has 1 rings (SSSR count). The topological polar surface area (TPSA) is 49.9 Å². The Morgan fingerprint density at radius 1 is 1.43 bits per heavy atom. The Hall–Kier alpha value is -0.900. The van der Waals surface area contributed by atoms with E-state index in [0.717, 1.165) is 0 Å². The van der Waals surface area contributed by atoms with Crippen molar-refractivity contribution in [2.75, 3.05) is 5.73 Å². The summed E-state index contributed by atoms with van der Waals surface area (Å²) in [6, 6.07) is 2.81. The summed E-state index contributed by atoms with van der Waals surface area (Å²) in [7, 11) is 0. The van der Waals surface area contributed by atoms with Crippen LogP contribution in [0.25, 0.3) is 0 Å². The molecule has 14 heavy (non-hydrogen) atoms. The summed E-state index contributed by atoms with van der Waals surface area (Å²) in [6.45, 7) is 5.57. The van der Waals surface area contributed by atoms with Crippen molar-refractivity contribution < 1.29 is 4.39 Å². The van der Waals surface area contributed by atoms with Gasteiger partial charge in [0.25, 0.3) is 0 Å². The Morgan fingerprint density at radius 2 is 1.93 bits per heavy atom. The maximum absolute atomic E-state index is 12.9. The molecule has 0 aliphatic rings.